The van der Waals surface area contributed by atoms with Crippen LogP contribution in [0.4, 0.5) is 5.69 Å². The van der Waals surface area contributed by atoms with Crippen molar-refractivity contribution in [2.45, 2.75) is 0 Å². The Morgan fingerprint density at radius 2 is 1.83 bits per heavy atom. The van der Waals surface area contributed by atoms with Crippen LogP contribution in [0.1, 0.15) is 0 Å². The second-order valence-electron chi connectivity index (χ2n) is 3.44. The molecule has 0 aromatic heterocycles. The van der Waals surface area contributed by atoms with Crippen molar-refractivity contribution in [1.82, 2.24) is 0 Å². The summed E-state index contributed by atoms with van der Waals surface area (Å²) in [6.07, 6.45) is 0. The van der Waals surface area contributed by atoms with Crippen LogP contribution in [-0.4, -0.2) is 10.0 Å². The number of phenols is 1. The fourth-order valence-corrected chi connectivity index (χ4v) is 1.58. The summed E-state index contributed by atoms with van der Waals surface area (Å²) >= 11 is 5.88. The first-order valence-electron chi connectivity index (χ1n) is 4.97. The maximum atomic E-state index is 10.8. The van der Waals surface area contributed by atoms with E-state index in [2.05, 4.69) is 0 Å². The average molecular weight is 266 g/mol. The number of nitrogens with zero attached hydrogens (tertiary/aromatic N) is 1. The van der Waals surface area contributed by atoms with Gasteiger partial charge in [0, 0.05) is 6.07 Å². The van der Waals surface area contributed by atoms with Gasteiger partial charge in [0.15, 0.2) is 0 Å². The van der Waals surface area contributed by atoms with Crippen LogP contribution in [0.2, 0.25) is 5.02 Å². The number of nitro benzene ring substituents is 1. The number of ether oxygens (including phenoxy) is 1. The number of nitro groups is 1. The van der Waals surface area contributed by atoms with Gasteiger partial charge in [-0.3, -0.25) is 10.1 Å². The number of benzene rings is 2. The number of halogens is 1. The third-order valence-electron chi connectivity index (χ3n) is 2.20. The zero-order valence-corrected chi connectivity index (χ0v) is 9.79. The molecule has 0 unspecified atom stereocenters. The number of phenolic OH excluding ortho intramolecular Hbond substituents is 1. The molecule has 5 nitrogen and oxygen atoms in total. The second kappa shape index (κ2) is 4.93. The number of hydrogen-bond donors (Lipinski definition) is 1. The van der Waals surface area contributed by atoms with E-state index >= 15 is 0 Å². The van der Waals surface area contributed by atoms with Crippen molar-refractivity contribution in [1.29, 1.82) is 0 Å². The molecule has 1 N–H and O–H groups in total. The lowest BCUT2D eigenvalue weighted by atomic mass is 10.3. The Kier molecular flexibility index (Phi) is 3.34. The van der Waals surface area contributed by atoms with Gasteiger partial charge in [-0.15, -0.1) is 0 Å². The summed E-state index contributed by atoms with van der Waals surface area (Å²) in [6.45, 7) is 0. The van der Waals surface area contributed by atoms with Crippen LogP contribution in [0.3, 0.4) is 0 Å². The molecule has 0 saturated heterocycles. The third-order valence-corrected chi connectivity index (χ3v) is 2.50. The molecule has 6 heteroatoms. The van der Waals surface area contributed by atoms with Gasteiger partial charge in [0.1, 0.15) is 11.5 Å². The highest BCUT2D eigenvalue weighted by Crippen LogP contribution is 2.37. The molecule has 0 aliphatic heterocycles. The standard InChI is InChI=1S/C12H8ClNO4/c13-10-2-1-3-11(14(16)17)12(10)18-9-6-4-8(15)5-7-9/h1-7,15H. The monoisotopic (exact) mass is 265 g/mol. The van der Waals surface area contributed by atoms with E-state index in [1.807, 2.05) is 0 Å². The SMILES string of the molecule is O=[N+]([O-])c1cccc(Cl)c1Oc1ccc(O)cc1. The van der Waals surface area contributed by atoms with E-state index in [1.54, 1.807) is 0 Å². The van der Waals surface area contributed by atoms with E-state index in [4.69, 9.17) is 21.4 Å². The van der Waals surface area contributed by atoms with E-state index in [0.717, 1.165) is 0 Å². The molecular formula is C12H8ClNO4. The Hall–Kier alpha value is -2.27. The lowest BCUT2D eigenvalue weighted by molar-refractivity contribution is -0.385. The van der Waals surface area contributed by atoms with Crippen molar-refractivity contribution >= 4 is 17.3 Å². The Morgan fingerprint density at radius 3 is 2.44 bits per heavy atom. The fraction of sp³-hybridized carbons (Fsp3) is 0. The molecule has 18 heavy (non-hydrogen) atoms. The van der Waals surface area contributed by atoms with Gasteiger partial charge < -0.3 is 9.84 Å². The van der Waals surface area contributed by atoms with E-state index in [1.165, 1.54) is 42.5 Å². The van der Waals surface area contributed by atoms with Crippen LogP contribution in [0.25, 0.3) is 0 Å². The molecule has 0 heterocycles. The minimum atomic E-state index is -0.568. The van der Waals surface area contributed by atoms with Crippen molar-refractivity contribution in [2.75, 3.05) is 0 Å². The highest BCUT2D eigenvalue weighted by molar-refractivity contribution is 6.32. The predicted molar refractivity (Wildman–Crippen MR) is 66.3 cm³/mol. The number of para-hydroxylation sites is 1. The van der Waals surface area contributed by atoms with Gasteiger partial charge >= 0.3 is 5.69 Å². The van der Waals surface area contributed by atoms with Crippen LogP contribution < -0.4 is 4.74 Å². The van der Waals surface area contributed by atoms with Crippen molar-refractivity contribution < 1.29 is 14.8 Å². The van der Waals surface area contributed by atoms with Gasteiger partial charge in [-0.1, -0.05) is 17.7 Å². The number of hydrogen-bond acceptors (Lipinski definition) is 4. The molecule has 0 radical (unpaired) electrons. The Balaban J connectivity index is 2.39. The lowest BCUT2D eigenvalue weighted by Gasteiger charge is -2.07. The minimum absolute atomic E-state index is 0.0187. The van der Waals surface area contributed by atoms with Crippen molar-refractivity contribution in [3.8, 4) is 17.2 Å². The summed E-state index contributed by atoms with van der Waals surface area (Å²) in [5.74, 6) is 0.412. The molecule has 92 valence electrons. The first kappa shape index (κ1) is 12.2. The number of rotatable bonds is 3. The Labute approximate surface area is 107 Å². The maximum absolute atomic E-state index is 10.8. The molecule has 0 amide bonds. The molecule has 0 aliphatic rings. The van der Waals surface area contributed by atoms with Crippen molar-refractivity contribution in [3.63, 3.8) is 0 Å². The molecule has 2 aromatic carbocycles. The van der Waals surface area contributed by atoms with E-state index in [0.29, 0.717) is 5.75 Å². The van der Waals surface area contributed by atoms with Gasteiger partial charge in [0.2, 0.25) is 5.75 Å². The Morgan fingerprint density at radius 1 is 1.17 bits per heavy atom. The summed E-state index contributed by atoms with van der Waals surface area (Å²) in [5, 5.41) is 20.1. The highest BCUT2D eigenvalue weighted by Gasteiger charge is 2.18. The highest BCUT2D eigenvalue weighted by atomic mass is 35.5. The molecule has 0 spiro atoms. The lowest BCUT2D eigenvalue weighted by Crippen LogP contribution is -1.93. The zero-order chi connectivity index (χ0) is 13.1. The van der Waals surface area contributed by atoms with Crippen LogP contribution >= 0.6 is 11.6 Å². The molecule has 2 aromatic rings. The molecule has 0 bridgehead atoms. The molecule has 2 rings (SSSR count). The molecule has 0 saturated carbocycles. The molecule has 0 fully saturated rings. The largest absolute Gasteiger partial charge is 0.508 e. The first-order chi connectivity index (χ1) is 8.58. The van der Waals surface area contributed by atoms with Crippen LogP contribution in [0.15, 0.2) is 42.5 Å². The predicted octanol–water partition coefficient (Wildman–Crippen LogP) is 3.75. The van der Waals surface area contributed by atoms with E-state index in [9.17, 15) is 10.1 Å². The topological polar surface area (TPSA) is 72.6 Å². The smallest absolute Gasteiger partial charge is 0.313 e. The first-order valence-corrected chi connectivity index (χ1v) is 5.35. The zero-order valence-electron chi connectivity index (χ0n) is 9.04. The van der Waals surface area contributed by atoms with Gasteiger partial charge in [-0.2, -0.15) is 0 Å². The van der Waals surface area contributed by atoms with Crippen molar-refractivity contribution in [2.24, 2.45) is 0 Å². The summed E-state index contributed by atoms with van der Waals surface area (Å²) in [7, 11) is 0. The van der Waals surface area contributed by atoms with Gasteiger partial charge in [0.05, 0.1) is 9.95 Å². The van der Waals surface area contributed by atoms with Gasteiger partial charge in [0.25, 0.3) is 0 Å². The fourth-order valence-electron chi connectivity index (χ4n) is 1.37. The quantitative estimate of drug-likeness (QED) is 0.678. The summed E-state index contributed by atoms with van der Waals surface area (Å²) in [5.41, 5.74) is -0.212. The van der Waals surface area contributed by atoms with Crippen LogP contribution in [0, 0.1) is 10.1 Å². The minimum Gasteiger partial charge on any atom is -0.508 e. The van der Waals surface area contributed by atoms with E-state index < -0.39 is 4.92 Å². The van der Waals surface area contributed by atoms with Crippen LogP contribution in [0.5, 0.6) is 17.2 Å². The number of aromatic hydroxyl groups is 1. The summed E-state index contributed by atoms with van der Waals surface area (Å²) in [4.78, 5) is 10.3. The Bertz CT molecular complexity index is 583. The molecule has 0 atom stereocenters. The van der Waals surface area contributed by atoms with E-state index in [-0.39, 0.29) is 22.2 Å². The third kappa shape index (κ3) is 2.52. The van der Waals surface area contributed by atoms with Crippen molar-refractivity contribution in [3.05, 3.63) is 57.6 Å². The summed E-state index contributed by atoms with van der Waals surface area (Å²) < 4.78 is 5.37. The van der Waals surface area contributed by atoms with Gasteiger partial charge in [-0.05, 0) is 30.3 Å². The molecule has 0 aliphatic carbocycles. The normalized spacial score (nSPS) is 10.1. The van der Waals surface area contributed by atoms with Crippen LogP contribution in [-0.2, 0) is 0 Å². The maximum Gasteiger partial charge on any atom is 0.313 e. The second-order valence-corrected chi connectivity index (χ2v) is 3.85. The average Bonchev–Trinajstić information content (AvgIpc) is 2.34. The summed E-state index contributed by atoms with van der Waals surface area (Å²) in [6, 6.07) is 10.1. The molecular weight excluding hydrogens is 258 g/mol. The van der Waals surface area contributed by atoms with Gasteiger partial charge in [-0.25, -0.2) is 0 Å².